The predicted octanol–water partition coefficient (Wildman–Crippen LogP) is 3.27. The molecule has 1 N–H and O–H groups in total. The van der Waals surface area contributed by atoms with E-state index in [1.807, 2.05) is 18.2 Å². The van der Waals surface area contributed by atoms with Crippen molar-refractivity contribution in [3.8, 4) is 5.75 Å². The second kappa shape index (κ2) is 7.14. The van der Waals surface area contributed by atoms with Crippen LogP contribution in [0.4, 0.5) is 4.79 Å². The van der Waals surface area contributed by atoms with Gasteiger partial charge in [-0.1, -0.05) is 18.2 Å². The van der Waals surface area contributed by atoms with Gasteiger partial charge >= 0.3 is 0 Å². The fourth-order valence-corrected chi connectivity index (χ4v) is 2.65. The number of amides is 2. The van der Waals surface area contributed by atoms with Gasteiger partial charge in [0.1, 0.15) is 5.75 Å². The number of thioether (sulfide) groups is 1. The first-order valence-electron chi connectivity index (χ1n) is 6.55. The molecule has 5 heteroatoms. The van der Waals surface area contributed by atoms with Gasteiger partial charge in [-0.3, -0.25) is 14.9 Å². The Bertz CT molecular complexity index is 522. The molecule has 20 heavy (non-hydrogen) atoms. The molecule has 1 aliphatic rings. The summed E-state index contributed by atoms with van der Waals surface area (Å²) in [4.78, 5) is 22.8. The maximum Gasteiger partial charge on any atom is 0.290 e. The Balaban J connectivity index is 1.70. The second-order valence-corrected chi connectivity index (χ2v) is 5.52. The van der Waals surface area contributed by atoms with Crippen molar-refractivity contribution in [2.75, 3.05) is 7.11 Å². The Morgan fingerprint density at radius 3 is 2.55 bits per heavy atom. The molecule has 0 saturated carbocycles. The highest BCUT2D eigenvalue weighted by molar-refractivity contribution is 8.18. The first-order valence-corrected chi connectivity index (χ1v) is 7.37. The Kier molecular flexibility index (Phi) is 5.24. The summed E-state index contributed by atoms with van der Waals surface area (Å²) < 4.78 is 5.11. The zero-order valence-electron chi connectivity index (χ0n) is 11.3. The van der Waals surface area contributed by atoms with Gasteiger partial charge < -0.3 is 4.74 Å². The number of allylic oxidation sites excluding steroid dienone is 1. The SMILES string of the molecule is COc1ccc(CCCCC=C2SC(=O)NC2=O)cc1. The van der Waals surface area contributed by atoms with E-state index in [2.05, 4.69) is 17.4 Å². The molecule has 0 bridgehead atoms. The quantitative estimate of drug-likeness (QED) is 0.645. The monoisotopic (exact) mass is 291 g/mol. The molecule has 1 saturated heterocycles. The number of unbranched alkanes of at least 4 members (excludes halogenated alkanes) is 2. The molecule has 1 aromatic rings. The number of hydrogen-bond acceptors (Lipinski definition) is 4. The largest absolute Gasteiger partial charge is 0.497 e. The number of aryl methyl sites for hydroxylation is 1. The lowest BCUT2D eigenvalue weighted by Crippen LogP contribution is -2.17. The maximum absolute atomic E-state index is 11.3. The highest BCUT2D eigenvalue weighted by Crippen LogP contribution is 2.23. The van der Waals surface area contributed by atoms with Crippen molar-refractivity contribution >= 4 is 22.9 Å². The molecule has 4 nitrogen and oxygen atoms in total. The molecule has 0 spiro atoms. The summed E-state index contributed by atoms with van der Waals surface area (Å²) in [5.41, 5.74) is 1.28. The van der Waals surface area contributed by atoms with Crippen LogP contribution in [0.5, 0.6) is 5.75 Å². The number of benzene rings is 1. The molecule has 2 rings (SSSR count). The molecule has 106 valence electrons. The number of imide groups is 1. The van der Waals surface area contributed by atoms with E-state index in [1.54, 1.807) is 7.11 Å². The Hall–Kier alpha value is -1.75. The van der Waals surface area contributed by atoms with Crippen LogP contribution in [0.25, 0.3) is 0 Å². The van der Waals surface area contributed by atoms with Gasteiger partial charge in [-0.25, -0.2) is 0 Å². The molecular weight excluding hydrogens is 274 g/mol. The Morgan fingerprint density at radius 1 is 1.20 bits per heavy atom. The number of rotatable bonds is 6. The molecule has 1 aromatic carbocycles. The Morgan fingerprint density at radius 2 is 1.95 bits per heavy atom. The molecule has 0 atom stereocenters. The van der Waals surface area contributed by atoms with E-state index in [9.17, 15) is 9.59 Å². The number of carbonyl (C=O) groups is 2. The van der Waals surface area contributed by atoms with Gasteiger partial charge in [0.25, 0.3) is 11.1 Å². The average molecular weight is 291 g/mol. The van der Waals surface area contributed by atoms with Crippen LogP contribution in [-0.2, 0) is 11.2 Å². The summed E-state index contributed by atoms with van der Waals surface area (Å²) in [6.07, 6.45) is 5.72. The van der Waals surface area contributed by atoms with Crippen molar-refractivity contribution in [1.29, 1.82) is 0 Å². The van der Waals surface area contributed by atoms with E-state index in [-0.39, 0.29) is 11.1 Å². The van der Waals surface area contributed by atoms with Gasteiger partial charge in [-0.05, 0) is 55.1 Å². The van der Waals surface area contributed by atoms with Crippen LogP contribution in [0.2, 0.25) is 0 Å². The van der Waals surface area contributed by atoms with Crippen LogP contribution in [0.3, 0.4) is 0 Å². The van der Waals surface area contributed by atoms with Crippen molar-refractivity contribution in [1.82, 2.24) is 5.32 Å². The topological polar surface area (TPSA) is 55.4 Å². The van der Waals surface area contributed by atoms with Crippen LogP contribution in [-0.4, -0.2) is 18.3 Å². The summed E-state index contributed by atoms with van der Waals surface area (Å²) >= 11 is 0.980. The van der Waals surface area contributed by atoms with Crippen molar-refractivity contribution in [3.05, 3.63) is 40.8 Å². The summed E-state index contributed by atoms with van der Waals surface area (Å²) in [5, 5.41) is 1.97. The molecule has 0 unspecified atom stereocenters. The number of methoxy groups -OCH3 is 1. The van der Waals surface area contributed by atoms with E-state index in [0.29, 0.717) is 4.91 Å². The predicted molar refractivity (Wildman–Crippen MR) is 79.8 cm³/mol. The van der Waals surface area contributed by atoms with Crippen LogP contribution < -0.4 is 10.1 Å². The number of nitrogens with one attached hydrogen (secondary N) is 1. The van der Waals surface area contributed by atoms with Crippen LogP contribution in [0.15, 0.2) is 35.2 Å². The smallest absolute Gasteiger partial charge is 0.290 e. The van der Waals surface area contributed by atoms with Gasteiger partial charge in [0.2, 0.25) is 0 Å². The lowest BCUT2D eigenvalue weighted by molar-refractivity contribution is -0.115. The highest BCUT2D eigenvalue weighted by atomic mass is 32.2. The third kappa shape index (κ3) is 4.13. The van der Waals surface area contributed by atoms with E-state index < -0.39 is 0 Å². The lowest BCUT2D eigenvalue weighted by Gasteiger charge is -2.03. The normalized spacial score (nSPS) is 16.6. The van der Waals surface area contributed by atoms with E-state index in [1.165, 1.54) is 5.56 Å². The number of carbonyl (C=O) groups excluding carboxylic acids is 2. The molecule has 0 radical (unpaired) electrons. The minimum absolute atomic E-state index is 0.268. The first-order chi connectivity index (χ1) is 9.69. The average Bonchev–Trinajstić information content (AvgIpc) is 2.77. The van der Waals surface area contributed by atoms with Crippen molar-refractivity contribution in [2.45, 2.75) is 25.7 Å². The minimum atomic E-state index is -0.278. The standard InChI is InChI=1S/C15H17NO3S/c1-19-12-9-7-11(8-10-12)5-3-2-4-6-13-14(17)16-15(18)20-13/h6-10H,2-5H2,1H3,(H,16,17,18). The fourth-order valence-electron chi connectivity index (χ4n) is 1.96. The molecule has 1 aliphatic heterocycles. The van der Waals surface area contributed by atoms with Crippen molar-refractivity contribution < 1.29 is 14.3 Å². The summed E-state index contributed by atoms with van der Waals surface area (Å²) in [7, 11) is 1.66. The molecule has 0 aromatic heterocycles. The second-order valence-electron chi connectivity index (χ2n) is 4.51. The molecular formula is C15H17NO3S. The molecule has 2 amide bonds. The zero-order valence-corrected chi connectivity index (χ0v) is 12.2. The maximum atomic E-state index is 11.3. The summed E-state index contributed by atoms with van der Waals surface area (Å²) in [5.74, 6) is 0.600. The van der Waals surface area contributed by atoms with Gasteiger partial charge in [0.15, 0.2) is 0 Å². The fraction of sp³-hybridized carbons (Fsp3) is 0.333. The van der Waals surface area contributed by atoms with Gasteiger partial charge in [-0.2, -0.15) is 0 Å². The van der Waals surface area contributed by atoms with Crippen LogP contribution in [0, 0.1) is 0 Å². The molecule has 1 heterocycles. The van der Waals surface area contributed by atoms with Crippen LogP contribution >= 0.6 is 11.8 Å². The van der Waals surface area contributed by atoms with E-state index in [0.717, 1.165) is 43.2 Å². The van der Waals surface area contributed by atoms with Gasteiger partial charge in [0, 0.05) is 0 Å². The lowest BCUT2D eigenvalue weighted by atomic mass is 10.1. The highest BCUT2D eigenvalue weighted by Gasteiger charge is 2.24. The number of hydrogen-bond donors (Lipinski definition) is 1. The summed E-state index contributed by atoms with van der Waals surface area (Å²) in [6.45, 7) is 0. The third-order valence-corrected chi connectivity index (χ3v) is 3.91. The summed E-state index contributed by atoms with van der Waals surface area (Å²) in [6, 6.07) is 8.05. The first kappa shape index (κ1) is 14.7. The molecule has 1 fully saturated rings. The Labute approximate surface area is 122 Å². The third-order valence-electron chi connectivity index (χ3n) is 3.05. The van der Waals surface area contributed by atoms with Gasteiger partial charge in [0.05, 0.1) is 12.0 Å². The van der Waals surface area contributed by atoms with E-state index in [4.69, 9.17) is 4.74 Å². The van der Waals surface area contributed by atoms with Crippen LogP contribution in [0.1, 0.15) is 24.8 Å². The van der Waals surface area contributed by atoms with Crippen molar-refractivity contribution in [3.63, 3.8) is 0 Å². The minimum Gasteiger partial charge on any atom is -0.497 e. The van der Waals surface area contributed by atoms with E-state index >= 15 is 0 Å². The zero-order chi connectivity index (χ0) is 14.4. The number of ether oxygens (including phenoxy) is 1. The molecule has 0 aliphatic carbocycles. The van der Waals surface area contributed by atoms with Gasteiger partial charge in [-0.15, -0.1) is 0 Å². The van der Waals surface area contributed by atoms with Crippen molar-refractivity contribution in [2.24, 2.45) is 0 Å².